The first-order valence-corrected chi connectivity index (χ1v) is 14.6. The summed E-state index contributed by atoms with van der Waals surface area (Å²) in [4.78, 5) is 43.7. The number of carbonyl (C=O) groups excluding carboxylic acids is 3. The number of rotatable bonds is 11. The van der Waals surface area contributed by atoms with Crippen LogP contribution >= 0.6 is 0 Å². The quantitative estimate of drug-likeness (QED) is 0.263. The van der Waals surface area contributed by atoms with Crippen LogP contribution in [-0.2, 0) is 22.6 Å². The van der Waals surface area contributed by atoms with Gasteiger partial charge in [-0.3, -0.25) is 9.59 Å². The van der Waals surface area contributed by atoms with Gasteiger partial charge in [-0.2, -0.15) is 0 Å². The molecule has 3 aromatic rings. The minimum atomic E-state index is -1.67. The molecule has 1 fully saturated rings. The smallest absolute Gasteiger partial charge is 0.426 e. The second-order valence-corrected chi connectivity index (χ2v) is 11.6. The highest BCUT2D eigenvalue weighted by molar-refractivity contribution is 6.43. The van der Waals surface area contributed by atoms with Gasteiger partial charge in [0.25, 0.3) is 0 Å². The van der Waals surface area contributed by atoms with Crippen LogP contribution in [-0.4, -0.2) is 76.4 Å². The molecular weight excluding hydrogens is 531 g/mol. The average Bonchev–Trinajstić information content (AvgIpc) is 3.47. The maximum Gasteiger partial charge on any atom is 0.475 e. The summed E-state index contributed by atoms with van der Waals surface area (Å²) in [5, 5.41) is 27.7. The molecule has 42 heavy (non-hydrogen) atoms. The van der Waals surface area contributed by atoms with Crippen LogP contribution in [0.2, 0.25) is 0 Å². The predicted molar refractivity (Wildman–Crippen MR) is 164 cm³/mol. The van der Waals surface area contributed by atoms with Gasteiger partial charge in [-0.15, -0.1) is 0 Å². The molecule has 0 aromatic heterocycles. The van der Waals surface area contributed by atoms with Gasteiger partial charge in [0.15, 0.2) is 0 Å². The van der Waals surface area contributed by atoms with Crippen molar-refractivity contribution in [2.24, 2.45) is 5.92 Å². The molecule has 9 nitrogen and oxygen atoms in total. The molecule has 222 valence electrons. The number of urea groups is 1. The fourth-order valence-corrected chi connectivity index (χ4v) is 5.54. The summed E-state index contributed by atoms with van der Waals surface area (Å²) in [5.74, 6) is -1.46. The normalized spacial score (nSPS) is 16.2. The molecule has 0 radical (unpaired) electrons. The molecule has 0 bridgehead atoms. The summed E-state index contributed by atoms with van der Waals surface area (Å²) in [6.07, 6.45) is 1.72. The molecule has 4 rings (SSSR count). The lowest BCUT2D eigenvalue weighted by molar-refractivity contribution is -0.137. The Hall–Kier alpha value is -3.89. The van der Waals surface area contributed by atoms with Crippen LogP contribution in [0.15, 0.2) is 72.8 Å². The number of nitrogens with zero attached hydrogens (tertiary/aromatic N) is 2. The molecule has 1 saturated heterocycles. The van der Waals surface area contributed by atoms with Gasteiger partial charge in [0.05, 0.1) is 5.94 Å². The molecule has 3 aromatic carbocycles. The molecule has 0 unspecified atom stereocenters. The summed E-state index contributed by atoms with van der Waals surface area (Å²) in [7, 11) is 0.00787. The van der Waals surface area contributed by atoms with E-state index < -0.39 is 31.1 Å². The number of hydrogen-bond acceptors (Lipinski definition) is 5. The van der Waals surface area contributed by atoms with Crippen LogP contribution in [0, 0.1) is 5.92 Å². The van der Waals surface area contributed by atoms with E-state index in [9.17, 15) is 24.4 Å². The van der Waals surface area contributed by atoms with E-state index in [1.807, 2.05) is 86.6 Å². The van der Waals surface area contributed by atoms with Gasteiger partial charge in [-0.05, 0) is 47.1 Å². The molecule has 0 aliphatic carbocycles. The summed E-state index contributed by atoms with van der Waals surface area (Å²) in [6, 6.07) is 21.2. The van der Waals surface area contributed by atoms with Gasteiger partial charge in [-0.25, -0.2) is 4.79 Å². The van der Waals surface area contributed by atoms with Crippen molar-refractivity contribution in [1.29, 1.82) is 0 Å². The topological polar surface area (TPSA) is 122 Å². The lowest BCUT2D eigenvalue weighted by atomic mass is 9.77. The lowest BCUT2D eigenvalue weighted by Gasteiger charge is -2.31. The van der Waals surface area contributed by atoms with Crippen molar-refractivity contribution in [2.75, 3.05) is 13.6 Å². The van der Waals surface area contributed by atoms with E-state index in [2.05, 4.69) is 10.6 Å². The zero-order valence-electron chi connectivity index (χ0n) is 24.6. The van der Waals surface area contributed by atoms with Crippen molar-refractivity contribution in [2.45, 2.75) is 64.1 Å². The van der Waals surface area contributed by atoms with Crippen molar-refractivity contribution >= 4 is 35.7 Å². The molecular formula is C32H41BN4O5. The summed E-state index contributed by atoms with van der Waals surface area (Å²) < 4.78 is 0. The maximum atomic E-state index is 13.8. The Labute approximate surface area is 248 Å². The van der Waals surface area contributed by atoms with Crippen molar-refractivity contribution in [3.05, 3.63) is 83.9 Å². The maximum absolute atomic E-state index is 13.8. The Morgan fingerprint density at radius 2 is 1.62 bits per heavy atom. The third-order valence-corrected chi connectivity index (χ3v) is 7.73. The number of nitrogens with one attached hydrogen (secondary N) is 2. The Morgan fingerprint density at radius 3 is 2.31 bits per heavy atom. The Morgan fingerprint density at radius 1 is 0.929 bits per heavy atom. The van der Waals surface area contributed by atoms with E-state index in [4.69, 9.17) is 0 Å². The second-order valence-electron chi connectivity index (χ2n) is 11.6. The Kier molecular flexibility index (Phi) is 10.6. The molecule has 1 heterocycles. The van der Waals surface area contributed by atoms with E-state index >= 15 is 0 Å². The summed E-state index contributed by atoms with van der Waals surface area (Å²) in [6.45, 7) is 4.69. The van der Waals surface area contributed by atoms with Gasteiger partial charge in [0.1, 0.15) is 12.1 Å². The molecule has 0 saturated carbocycles. The lowest BCUT2D eigenvalue weighted by Crippen LogP contribution is -2.58. The van der Waals surface area contributed by atoms with Gasteiger partial charge in [0, 0.05) is 26.6 Å². The van der Waals surface area contributed by atoms with Crippen LogP contribution in [0.3, 0.4) is 0 Å². The fourth-order valence-electron chi connectivity index (χ4n) is 5.54. The zero-order valence-corrected chi connectivity index (χ0v) is 24.6. The number of amides is 4. The monoisotopic (exact) mass is 572 g/mol. The third kappa shape index (κ3) is 8.11. The number of fused-ring (bicyclic) bond motifs is 1. The fraction of sp³-hybridized carbons (Fsp3) is 0.406. The van der Waals surface area contributed by atoms with Crippen LogP contribution < -0.4 is 10.6 Å². The van der Waals surface area contributed by atoms with E-state index in [1.54, 1.807) is 7.05 Å². The molecule has 0 spiro atoms. The highest BCUT2D eigenvalue weighted by atomic mass is 16.4. The largest absolute Gasteiger partial charge is 0.475 e. The molecule has 1 aliphatic rings. The van der Waals surface area contributed by atoms with E-state index in [0.29, 0.717) is 32.4 Å². The summed E-state index contributed by atoms with van der Waals surface area (Å²) in [5.41, 5.74) is 1.83. The average molecular weight is 573 g/mol. The van der Waals surface area contributed by atoms with Crippen molar-refractivity contribution in [3.63, 3.8) is 0 Å². The number of benzene rings is 3. The van der Waals surface area contributed by atoms with E-state index in [1.165, 1.54) is 9.80 Å². The van der Waals surface area contributed by atoms with Gasteiger partial charge in [-0.1, -0.05) is 86.6 Å². The second kappa shape index (κ2) is 14.3. The van der Waals surface area contributed by atoms with Crippen molar-refractivity contribution in [1.82, 2.24) is 20.4 Å². The highest BCUT2D eigenvalue weighted by Gasteiger charge is 2.40. The van der Waals surface area contributed by atoms with Crippen LogP contribution in [0.4, 0.5) is 4.79 Å². The SMILES string of the molecule is CC(C)C[C@H](NC(=O)N(C)Cc1ccccc1)C(=O)N[C@@H](Cc1ccc2ccccc2c1)C(=O)N1CCC[C@H]1B(O)O. The number of hydrogen-bond donors (Lipinski definition) is 4. The number of carbonyl (C=O) groups is 3. The van der Waals surface area contributed by atoms with Crippen LogP contribution in [0.25, 0.3) is 10.8 Å². The number of likely N-dealkylation sites (tertiary alicyclic amines) is 1. The first-order chi connectivity index (χ1) is 20.1. The Balaban J connectivity index is 1.54. The highest BCUT2D eigenvalue weighted by Crippen LogP contribution is 2.22. The zero-order chi connectivity index (χ0) is 30.2. The van der Waals surface area contributed by atoms with Crippen LogP contribution in [0.5, 0.6) is 0 Å². The van der Waals surface area contributed by atoms with Gasteiger partial charge in [0.2, 0.25) is 11.8 Å². The first-order valence-electron chi connectivity index (χ1n) is 14.6. The minimum absolute atomic E-state index is 0.0996. The predicted octanol–water partition coefficient (Wildman–Crippen LogP) is 3.13. The van der Waals surface area contributed by atoms with Crippen molar-refractivity contribution < 1.29 is 24.4 Å². The van der Waals surface area contributed by atoms with Gasteiger partial charge < -0.3 is 30.5 Å². The molecule has 10 heteroatoms. The van der Waals surface area contributed by atoms with E-state index in [-0.39, 0.29) is 24.3 Å². The molecule has 4 amide bonds. The van der Waals surface area contributed by atoms with Crippen LogP contribution in [0.1, 0.15) is 44.2 Å². The molecule has 1 aliphatic heterocycles. The molecule has 3 atom stereocenters. The first kappa shape index (κ1) is 31.1. The van der Waals surface area contributed by atoms with E-state index in [0.717, 1.165) is 21.9 Å². The third-order valence-electron chi connectivity index (χ3n) is 7.73. The Bertz CT molecular complexity index is 1370. The minimum Gasteiger partial charge on any atom is -0.426 e. The van der Waals surface area contributed by atoms with Gasteiger partial charge >= 0.3 is 13.1 Å². The molecule has 4 N–H and O–H groups in total. The van der Waals surface area contributed by atoms with Crippen molar-refractivity contribution in [3.8, 4) is 0 Å². The standard InChI is InChI=1S/C32H41BN4O5/c1-22(2)18-27(35-32(40)36(3)21-23-10-5-4-6-11-23)30(38)34-28(31(39)37-17-9-14-29(37)33(41)42)20-24-15-16-25-12-7-8-13-26(25)19-24/h4-8,10-13,15-16,19,22,27-29,41-42H,9,14,17-18,20-21H2,1-3H3,(H,34,38)(H,35,40)/t27-,28-,29-/m0/s1. The summed E-state index contributed by atoms with van der Waals surface area (Å²) >= 11 is 0.